The normalized spacial score (nSPS) is 10.7. The lowest BCUT2D eigenvalue weighted by molar-refractivity contribution is 0.102. The van der Waals surface area contributed by atoms with Crippen LogP contribution in [0.15, 0.2) is 60.8 Å². The predicted molar refractivity (Wildman–Crippen MR) is 120 cm³/mol. The molecule has 0 aliphatic heterocycles. The minimum Gasteiger partial charge on any atom is -0.490 e. The van der Waals surface area contributed by atoms with Gasteiger partial charge in [-0.2, -0.15) is 0 Å². The monoisotopic (exact) mass is 419 g/mol. The van der Waals surface area contributed by atoms with Gasteiger partial charge in [-0.1, -0.05) is 23.5 Å². The molecular formula is C23H21N3O3S. The van der Waals surface area contributed by atoms with Crippen molar-refractivity contribution in [2.75, 3.05) is 18.5 Å². The summed E-state index contributed by atoms with van der Waals surface area (Å²) < 4.78 is 11.2. The molecule has 2 heterocycles. The van der Waals surface area contributed by atoms with Gasteiger partial charge in [0.25, 0.3) is 5.91 Å². The van der Waals surface area contributed by atoms with Crippen molar-refractivity contribution < 1.29 is 14.3 Å². The zero-order valence-electron chi connectivity index (χ0n) is 16.7. The van der Waals surface area contributed by atoms with Crippen LogP contribution >= 0.6 is 11.3 Å². The molecule has 7 heteroatoms. The van der Waals surface area contributed by atoms with Gasteiger partial charge in [0.2, 0.25) is 0 Å². The van der Waals surface area contributed by atoms with E-state index in [0.717, 1.165) is 20.9 Å². The Kier molecular flexibility index (Phi) is 5.90. The lowest BCUT2D eigenvalue weighted by Gasteiger charge is -2.12. The number of aromatic nitrogens is 2. The molecule has 0 saturated heterocycles. The van der Waals surface area contributed by atoms with Crippen molar-refractivity contribution in [3.05, 3.63) is 66.4 Å². The van der Waals surface area contributed by atoms with Gasteiger partial charge in [0.15, 0.2) is 11.5 Å². The van der Waals surface area contributed by atoms with Crippen molar-refractivity contribution in [3.63, 3.8) is 0 Å². The Morgan fingerprint density at radius 1 is 1.00 bits per heavy atom. The number of anilines is 1. The van der Waals surface area contributed by atoms with Gasteiger partial charge in [-0.15, -0.1) is 0 Å². The second-order valence-corrected chi connectivity index (χ2v) is 7.39. The fraction of sp³-hybridized carbons (Fsp3) is 0.174. The van der Waals surface area contributed by atoms with Crippen molar-refractivity contribution in [2.24, 2.45) is 0 Å². The maximum Gasteiger partial charge on any atom is 0.255 e. The standard InChI is InChI=1S/C23H21N3O3S/c1-3-28-19-11-10-15(14-20(19)29-4-2)21(27)25-17-8-5-7-16(13-17)22-26-18-9-6-12-24-23(18)30-22/h5-14H,3-4H2,1-2H3,(H,25,27). The second kappa shape index (κ2) is 8.92. The van der Waals surface area contributed by atoms with E-state index < -0.39 is 0 Å². The zero-order chi connectivity index (χ0) is 20.9. The van der Waals surface area contributed by atoms with Crippen LogP contribution in [-0.2, 0) is 0 Å². The van der Waals surface area contributed by atoms with E-state index in [9.17, 15) is 4.79 Å². The maximum absolute atomic E-state index is 12.8. The molecule has 0 fully saturated rings. The Morgan fingerprint density at radius 2 is 1.83 bits per heavy atom. The molecule has 0 saturated carbocycles. The fourth-order valence-corrected chi connectivity index (χ4v) is 3.92. The fourth-order valence-electron chi connectivity index (χ4n) is 3.02. The third kappa shape index (κ3) is 4.26. The molecule has 0 spiro atoms. The van der Waals surface area contributed by atoms with Gasteiger partial charge >= 0.3 is 0 Å². The number of fused-ring (bicyclic) bond motifs is 1. The van der Waals surface area contributed by atoms with Crippen LogP contribution in [0.3, 0.4) is 0 Å². The summed E-state index contributed by atoms with van der Waals surface area (Å²) in [5, 5.41) is 3.81. The van der Waals surface area contributed by atoms with Gasteiger partial charge in [0.1, 0.15) is 15.4 Å². The van der Waals surface area contributed by atoms with Crippen LogP contribution in [0.4, 0.5) is 5.69 Å². The third-order valence-electron chi connectivity index (χ3n) is 4.34. The molecule has 30 heavy (non-hydrogen) atoms. The van der Waals surface area contributed by atoms with Crippen molar-refractivity contribution in [3.8, 4) is 22.1 Å². The average Bonchev–Trinajstić information content (AvgIpc) is 3.20. The number of nitrogens with one attached hydrogen (secondary N) is 1. The third-order valence-corrected chi connectivity index (χ3v) is 5.37. The van der Waals surface area contributed by atoms with Crippen LogP contribution in [0.1, 0.15) is 24.2 Å². The molecule has 4 aromatic rings. The summed E-state index contributed by atoms with van der Waals surface area (Å²) in [5.74, 6) is 0.965. The average molecular weight is 420 g/mol. The summed E-state index contributed by atoms with van der Waals surface area (Å²) in [5.41, 5.74) is 2.98. The number of rotatable bonds is 7. The maximum atomic E-state index is 12.8. The smallest absolute Gasteiger partial charge is 0.255 e. The van der Waals surface area contributed by atoms with Crippen LogP contribution in [-0.4, -0.2) is 29.1 Å². The summed E-state index contributed by atoms with van der Waals surface area (Å²) in [7, 11) is 0. The first kappa shape index (κ1) is 19.8. The largest absolute Gasteiger partial charge is 0.490 e. The highest BCUT2D eigenvalue weighted by Crippen LogP contribution is 2.31. The Morgan fingerprint density at radius 3 is 2.63 bits per heavy atom. The van der Waals surface area contributed by atoms with Crippen LogP contribution in [0.2, 0.25) is 0 Å². The molecule has 1 amide bonds. The van der Waals surface area contributed by atoms with Crippen LogP contribution in [0.5, 0.6) is 11.5 Å². The summed E-state index contributed by atoms with van der Waals surface area (Å²) in [6.45, 7) is 4.82. The second-order valence-electron chi connectivity index (χ2n) is 6.41. The molecular weight excluding hydrogens is 398 g/mol. The molecule has 1 N–H and O–H groups in total. The Bertz CT molecular complexity index is 1160. The van der Waals surface area contributed by atoms with E-state index in [-0.39, 0.29) is 5.91 Å². The summed E-state index contributed by atoms with van der Waals surface area (Å²) in [6.07, 6.45) is 1.76. The molecule has 0 bridgehead atoms. The van der Waals surface area contributed by atoms with Gasteiger partial charge in [-0.25, -0.2) is 9.97 Å². The Labute approximate surface area is 178 Å². The van der Waals surface area contributed by atoms with Crippen LogP contribution < -0.4 is 14.8 Å². The van der Waals surface area contributed by atoms with E-state index >= 15 is 0 Å². The highest BCUT2D eigenvalue weighted by molar-refractivity contribution is 7.21. The molecule has 0 aliphatic rings. The minimum absolute atomic E-state index is 0.220. The number of benzene rings is 2. The molecule has 0 atom stereocenters. The van der Waals surface area contributed by atoms with Gasteiger partial charge in [-0.05, 0) is 56.3 Å². The van der Waals surface area contributed by atoms with Gasteiger partial charge in [0.05, 0.1) is 13.2 Å². The van der Waals surface area contributed by atoms with E-state index in [1.165, 1.54) is 11.3 Å². The van der Waals surface area contributed by atoms with E-state index in [1.54, 1.807) is 24.4 Å². The number of carbonyl (C=O) groups excluding carboxylic acids is 1. The highest BCUT2D eigenvalue weighted by atomic mass is 32.1. The van der Waals surface area contributed by atoms with Crippen molar-refractivity contribution in [2.45, 2.75) is 13.8 Å². The lowest BCUT2D eigenvalue weighted by atomic mass is 10.1. The lowest BCUT2D eigenvalue weighted by Crippen LogP contribution is -2.12. The first-order valence-electron chi connectivity index (χ1n) is 9.71. The molecule has 6 nitrogen and oxygen atoms in total. The summed E-state index contributed by atoms with van der Waals surface area (Å²) in [6, 6.07) is 16.6. The van der Waals surface area contributed by atoms with Crippen molar-refractivity contribution in [1.29, 1.82) is 0 Å². The molecule has 2 aromatic carbocycles. The molecule has 0 radical (unpaired) electrons. The summed E-state index contributed by atoms with van der Waals surface area (Å²) in [4.78, 5) is 22.7. The molecule has 2 aromatic heterocycles. The van der Waals surface area contributed by atoms with E-state index in [0.29, 0.717) is 36.0 Å². The van der Waals surface area contributed by atoms with E-state index in [1.807, 2.05) is 50.2 Å². The number of hydrogen-bond donors (Lipinski definition) is 1. The Balaban J connectivity index is 1.56. The van der Waals surface area contributed by atoms with E-state index in [4.69, 9.17) is 9.47 Å². The quantitative estimate of drug-likeness (QED) is 0.434. The predicted octanol–water partition coefficient (Wildman–Crippen LogP) is 5.41. The Hall–Kier alpha value is -3.45. The highest BCUT2D eigenvalue weighted by Gasteiger charge is 2.13. The number of amides is 1. The van der Waals surface area contributed by atoms with E-state index in [2.05, 4.69) is 15.3 Å². The number of pyridine rings is 1. The van der Waals surface area contributed by atoms with Gasteiger partial charge in [-0.3, -0.25) is 4.79 Å². The minimum atomic E-state index is -0.220. The van der Waals surface area contributed by atoms with Gasteiger partial charge < -0.3 is 14.8 Å². The molecule has 4 rings (SSSR count). The molecule has 152 valence electrons. The number of nitrogens with zero attached hydrogens (tertiary/aromatic N) is 2. The van der Waals surface area contributed by atoms with Crippen molar-refractivity contribution in [1.82, 2.24) is 9.97 Å². The van der Waals surface area contributed by atoms with Crippen LogP contribution in [0, 0.1) is 0 Å². The topological polar surface area (TPSA) is 73.3 Å². The van der Waals surface area contributed by atoms with Gasteiger partial charge in [0, 0.05) is 23.0 Å². The first-order valence-corrected chi connectivity index (χ1v) is 10.5. The zero-order valence-corrected chi connectivity index (χ0v) is 17.5. The molecule has 0 aliphatic carbocycles. The summed E-state index contributed by atoms with van der Waals surface area (Å²) >= 11 is 1.52. The van der Waals surface area contributed by atoms with Crippen LogP contribution in [0.25, 0.3) is 20.9 Å². The SMILES string of the molecule is CCOc1ccc(C(=O)Nc2cccc(-c3nc4cccnc4s3)c2)cc1OCC. The van der Waals surface area contributed by atoms with Crippen molar-refractivity contribution >= 4 is 33.3 Å². The number of carbonyl (C=O) groups is 1. The number of hydrogen-bond acceptors (Lipinski definition) is 6. The number of thiazole rings is 1. The molecule has 0 unspecified atom stereocenters. The number of ether oxygens (including phenoxy) is 2. The first-order chi connectivity index (χ1) is 14.7.